The van der Waals surface area contributed by atoms with Gasteiger partial charge in [-0.25, -0.2) is 4.79 Å². The zero-order valence-corrected chi connectivity index (χ0v) is 11.6. The molecule has 0 atom stereocenters. The van der Waals surface area contributed by atoms with Crippen LogP contribution in [0.5, 0.6) is 5.75 Å². The van der Waals surface area contributed by atoms with E-state index in [-0.39, 0.29) is 0 Å². The van der Waals surface area contributed by atoms with Gasteiger partial charge in [0.05, 0.1) is 10.7 Å². The maximum absolute atomic E-state index is 10.4. The van der Waals surface area contributed by atoms with Crippen molar-refractivity contribution in [3.63, 3.8) is 0 Å². The second kappa shape index (κ2) is 5.50. The first-order valence-corrected chi connectivity index (χ1v) is 5.86. The maximum atomic E-state index is 10.4. The number of carboxylic acid groups (broad SMARTS) is 1. The van der Waals surface area contributed by atoms with Gasteiger partial charge >= 0.3 is 5.97 Å². The van der Waals surface area contributed by atoms with E-state index in [0.29, 0.717) is 5.75 Å². The van der Waals surface area contributed by atoms with Gasteiger partial charge in [0.15, 0.2) is 0 Å². The minimum Gasteiger partial charge on any atom is -0.495 e. The number of hydrogen-bond donors (Lipinski definition) is 1. The monoisotopic (exact) mass is 382 g/mol. The Labute approximate surface area is 109 Å². The topological polar surface area (TPSA) is 46.5 Å². The lowest BCUT2D eigenvalue weighted by molar-refractivity contribution is -0.131. The smallest absolute Gasteiger partial charge is 0.328 e. The Kier molecular flexibility index (Phi) is 4.59. The number of carbonyl (C=O) groups is 1. The van der Waals surface area contributed by atoms with Crippen molar-refractivity contribution >= 4 is 50.6 Å². The summed E-state index contributed by atoms with van der Waals surface area (Å²) in [5, 5.41) is 8.54. The Morgan fingerprint density at radius 3 is 2.80 bits per heavy atom. The molecule has 80 valence electrons. The van der Waals surface area contributed by atoms with Gasteiger partial charge < -0.3 is 9.84 Å². The van der Waals surface area contributed by atoms with E-state index >= 15 is 0 Å². The fourth-order valence-corrected chi connectivity index (χ4v) is 2.85. The Bertz CT molecular complexity index is 415. The Balaban J connectivity index is 3.20. The molecule has 1 aromatic rings. The maximum Gasteiger partial charge on any atom is 0.328 e. The zero-order valence-electron chi connectivity index (χ0n) is 7.83. The van der Waals surface area contributed by atoms with Crippen LogP contribution in [0, 0.1) is 3.57 Å². The number of halogens is 2. The Morgan fingerprint density at radius 1 is 1.60 bits per heavy atom. The Hall–Kier alpha value is -0.560. The van der Waals surface area contributed by atoms with E-state index in [1.165, 1.54) is 6.08 Å². The lowest BCUT2D eigenvalue weighted by Crippen LogP contribution is -1.92. The first-order chi connectivity index (χ1) is 7.04. The zero-order chi connectivity index (χ0) is 11.4. The third-order valence-electron chi connectivity index (χ3n) is 1.65. The molecule has 1 aromatic carbocycles. The average Bonchev–Trinajstić information content (AvgIpc) is 2.13. The average molecular weight is 383 g/mol. The second-order valence-corrected chi connectivity index (χ2v) is 4.76. The van der Waals surface area contributed by atoms with E-state index in [2.05, 4.69) is 38.5 Å². The first-order valence-electron chi connectivity index (χ1n) is 3.98. The summed E-state index contributed by atoms with van der Waals surface area (Å²) < 4.78 is 7.00. The van der Waals surface area contributed by atoms with Crippen molar-refractivity contribution in [2.45, 2.75) is 0 Å². The normalized spacial score (nSPS) is 10.6. The molecule has 0 aliphatic heterocycles. The summed E-state index contributed by atoms with van der Waals surface area (Å²) in [7, 11) is 1.56. The van der Waals surface area contributed by atoms with E-state index in [9.17, 15) is 4.79 Å². The van der Waals surface area contributed by atoms with Crippen molar-refractivity contribution in [2.75, 3.05) is 7.11 Å². The number of rotatable bonds is 3. The van der Waals surface area contributed by atoms with Gasteiger partial charge in [-0.1, -0.05) is 15.9 Å². The number of ether oxygens (including phenoxy) is 1. The summed E-state index contributed by atoms with van der Waals surface area (Å²) in [6.45, 7) is 0. The molecular weight excluding hydrogens is 375 g/mol. The molecule has 0 amide bonds. The number of carboxylic acids is 1. The fourth-order valence-electron chi connectivity index (χ4n) is 1.08. The standard InChI is InChI=1S/C10H8BrIO3/c1-15-10-6(2-3-9(13)14)4-7(11)5-8(10)12/h2-5H,1H3,(H,13,14)/b3-2+. The molecule has 15 heavy (non-hydrogen) atoms. The van der Waals surface area contributed by atoms with E-state index in [4.69, 9.17) is 9.84 Å². The molecule has 0 saturated carbocycles. The highest BCUT2D eigenvalue weighted by Gasteiger charge is 2.06. The van der Waals surface area contributed by atoms with Crippen molar-refractivity contribution < 1.29 is 14.6 Å². The molecule has 1 N–H and O–H groups in total. The SMILES string of the molecule is COc1c(I)cc(Br)cc1/C=C/C(=O)O. The number of benzene rings is 1. The van der Waals surface area contributed by atoms with E-state index < -0.39 is 5.97 Å². The number of methoxy groups -OCH3 is 1. The van der Waals surface area contributed by atoms with Crippen molar-refractivity contribution in [3.8, 4) is 5.75 Å². The third-order valence-corrected chi connectivity index (χ3v) is 2.91. The van der Waals surface area contributed by atoms with Crippen LogP contribution in [0.3, 0.4) is 0 Å². The molecule has 1 rings (SSSR count). The summed E-state index contributed by atoms with van der Waals surface area (Å²) in [6.07, 6.45) is 2.59. The van der Waals surface area contributed by atoms with Gasteiger partial charge in [-0.15, -0.1) is 0 Å². The predicted molar refractivity (Wildman–Crippen MR) is 70.1 cm³/mol. The predicted octanol–water partition coefficient (Wildman–Crippen LogP) is 3.16. The molecule has 0 bridgehead atoms. The van der Waals surface area contributed by atoms with E-state index in [0.717, 1.165) is 19.7 Å². The molecule has 0 spiro atoms. The molecule has 0 aliphatic carbocycles. The van der Waals surface area contributed by atoms with E-state index in [1.807, 2.05) is 6.07 Å². The van der Waals surface area contributed by atoms with Crippen LogP contribution in [0.4, 0.5) is 0 Å². The molecule has 0 fully saturated rings. The minimum absolute atomic E-state index is 0.677. The van der Waals surface area contributed by atoms with Gasteiger partial charge in [-0.05, 0) is 40.8 Å². The van der Waals surface area contributed by atoms with Crippen molar-refractivity contribution in [2.24, 2.45) is 0 Å². The van der Waals surface area contributed by atoms with Crippen LogP contribution in [0.25, 0.3) is 6.08 Å². The van der Waals surface area contributed by atoms with Crippen molar-refractivity contribution in [1.82, 2.24) is 0 Å². The number of hydrogen-bond acceptors (Lipinski definition) is 2. The second-order valence-electron chi connectivity index (χ2n) is 2.68. The summed E-state index contributed by atoms with van der Waals surface area (Å²) in [5.41, 5.74) is 0.735. The molecule has 5 heteroatoms. The van der Waals surface area contributed by atoms with Crippen LogP contribution in [0.2, 0.25) is 0 Å². The summed E-state index contributed by atoms with van der Waals surface area (Å²) in [6, 6.07) is 3.71. The van der Waals surface area contributed by atoms with Crippen LogP contribution >= 0.6 is 38.5 Å². The fraction of sp³-hybridized carbons (Fsp3) is 0.100. The molecule has 0 aromatic heterocycles. The van der Waals surface area contributed by atoms with Crippen molar-refractivity contribution in [1.29, 1.82) is 0 Å². The molecule has 0 radical (unpaired) electrons. The van der Waals surface area contributed by atoms with Crippen LogP contribution in [-0.2, 0) is 4.79 Å². The van der Waals surface area contributed by atoms with Crippen molar-refractivity contribution in [3.05, 3.63) is 31.8 Å². The van der Waals surface area contributed by atoms with Crippen LogP contribution in [-0.4, -0.2) is 18.2 Å². The van der Waals surface area contributed by atoms with Gasteiger partial charge in [-0.3, -0.25) is 0 Å². The summed E-state index contributed by atoms with van der Waals surface area (Å²) in [4.78, 5) is 10.4. The number of aliphatic carboxylic acids is 1. The van der Waals surface area contributed by atoms with Gasteiger partial charge in [0, 0.05) is 16.1 Å². The largest absolute Gasteiger partial charge is 0.495 e. The minimum atomic E-state index is -0.980. The van der Waals surface area contributed by atoms with Gasteiger partial charge in [0.2, 0.25) is 0 Å². The molecule has 0 unspecified atom stereocenters. The molecular formula is C10H8BrIO3. The molecule has 3 nitrogen and oxygen atoms in total. The quantitative estimate of drug-likeness (QED) is 0.645. The summed E-state index contributed by atoms with van der Waals surface area (Å²) in [5.74, 6) is -0.302. The third kappa shape index (κ3) is 3.49. The Morgan fingerprint density at radius 2 is 2.27 bits per heavy atom. The first kappa shape index (κ1) is 12.5. The highest BCUT2D eigenvalue weighted by Crippen LogP contribution is 2.30. The molecule has 0 aliphatic rings. The molecule has 0 saturated heterocycles. The summed E-state index contributed by atoms with van der Waals surface area (Å²) >= 11 is 5.47. The van der Waals surface area contributed by atoms with Gasteiger partial charge in [-0.2, -0.15) is 0 Å². The molecule has 0 heterocycles. The highest BCUT2D eigenvalue weighted by atomic mass is 127. The van der Waals surface area contributed by atoms with Crippen LogP contribution < -0.4 is 4.74 Å². The van der Waals surface area contributed by atoms with Gasteiger partial charge in [0.25, 0.3) is 0 Å². The lowest BCUT2D eigenvalue weighted by Gasteiger charge is -2.07. The van der Waals surface area contributed by atoms with E-state index in [1.54, 1.807) is 13.2 Å². The van der Waals surface area contributed by atoms with Crippen LogP contribution in [0.15, 0.2) is 22.7 Å². The van der Waals surface area contributed by atoms with Gasteiger partial charge in [0.1, 0.15) is 5.75 Å². The lowest BCUT2D eigenvalue weighted by atomic mass is 10.2. The van der Waals surface area contributed by atoms with Crippen LogP contribution in [0.1, 0.15) is 5.56 Å². The highest BCUT2D eigenvalue weighted by molar-refractivity contribution is 14.1.